The predicted molar refractivity (Wildman–Crippen MR) is 67.1 cm³/mol. The molecule has 0 aliphatic carbocycles. The average molecular weight is 210 g/mol. The summed E-state index contributed by atoms with van der Waals surface area (Å²) in [5.41, 5.74) is 8.35. The maximum atomic E-state index is 9.16. The number of hydrogen-bond acceptors (Lipinski definition) is 2. The number of rotatable bonds is 2. The van der Waals surface area contributed by atoms with Crippen LogP contribution in [0.3, 0.4) is 0 Å². The Morgan fingerprint density at radius 3 is 2.75 bits per heavy atom. The molecule has 0 aliphatic heterocycles. The van der Waals surface area contributed by atoms with E-state index in [0.29, 0.717) is 11.3 Å². The standard InChI is InChI=1S/C14H14N2/c1-2-5-10-8-11-6-3-4-7-12(11)14(16)13(10)9-15/h3-4,6-8H,2,5,16H2,1H3. The molecule has 2 aromatic carbocycles. The normalized spacial score (nSPS) is 10.2. The van der Waals surface area contributed by atoms with Gasteiger partial charge in [0.2, 0.25) is 0 Å². The van der Waals surface area contributed by atoms with Crippen LogP contribution < -0.4 is 5.73 Å². The van der Waals surface area contributed by atoms with Crippen molar-refractivity contribution in [3.05, 3.63) is 41.5 Å². The van der Waals surface area contributed by atoms with Crippen LogP contribution in [-0.2, 0) is 6.42 Å². The summed E-state index contributed by atoms with van der Waals surface area (Å²) in [6, 6.07) is 12.2. The molecule has 0 unspecified atom stereocenters. The van der Waals surface area contributed by atoms with Gasteiger partial charge in [-0.25, -0.2) is 0 Å². The zero-order chi connectivity index (χ0) is 11.5. The Labute approximate surface area is 95.3 Å². The second-order valence-corrected chi connectivity index (χ2v) is 3.91. The number of nitrogens with zero attached hydrogens (tertiary/aromatic N) is 1. The third kappa shape index (κ3) is 1.61. The number of benzene rings is 2. The molecule has 0 radical (unpaired) electrons. The lowest BCUT2D eigenvalue weighted by atomic mass is 9.96. The molecule has 0 atom stereocenters. The molecule has 0 aromatic heterocycles. The number of nitriles is 1. The Morgan fingerprint density at radius 2 is 2.06 bits per heavy atom. The van der Waals surface area contributed by atoms with Crippen molar-refractivity contribution in [3.8, 4) is 6.07 Å². The quantitative estimate of drug-likeness (QED) is 0.773. The van der Waals surface area contributed by atoms with Crippen LogP contribution in [0.2, 0.25) is 0 Å². The first-order chi connectivity index (χ1) is 7.77. The van der Waals surface area contributed by atoms with E-state index in [2.05, 4.69) is 19.1 Å². The number of hydrogen-bond donors (Lipinski definition) is 1. The first-order valence-corrected chi connectivity index (χ1v) is 5.48. The molecule has 0 amide bonds. The maximum absolute atomic E-state index is 9.16. The topological polar surface area (TPSA) is 49.8 Å². The molecule has 2 aromatic rings. The van der Waals surface area contributed by atoms with Gasteiger partial charge < -0.3 is 5.73 Å². The fraction of sp³-hybridized carbons (Fsp3) is 0.214. The van der Waals surface area contributed by atoms with Crippen LogP contribution in [-0.4, -0.2) is 0 Å². The van der Waals surface area contributed by atoms with Crippen molar-refractivity contribution in [1.29, 1.82) is 5.26 Å². The van der Waals surface area contributed by atoms with Crippen molar-refractivity contribution in [2.45, 2.75) is 19.8 Å². The first kappa shape index (κ1) is 10.5. The van der Waals surface area contributed by atoms with Gasteiger partial charge >= 0.3 is 0 Å². The van der Waals surface area contributed by atoms with Gasteiger partial charge in [-0.2, -0.15) is 5.26 Å². The summed E-state index contributed by atoms with van der Waals surface area (Å²) < 4.78 is 0. The van der Waals surface area contributed by atoms with Gasteiger partial charge in [-0.15, -0.1) is 0 Å². The van der Waals surface area contributed by atoms with Crippen LogP contribution in [0.4, 0.5) is 5.69 Å². The number of nitrogens with two attached hydrogens (primary N) is 1. The van der Waals surface area contributed by atoms with E-state index in [0.717, 1.165) is 29.2 Å². The Kier molecular flexibility index (Phi) is 2.78. The average Bonchev–Trinajstić information content (AvgIpc) is 2.30. The van der Waals surface area contributed by atoms with E-state index >= 15 is 0 Å². The van der Waals surface area contributed by atoms with Crippen molar-refractivity contribution < 1.29 is 0 Å². The molecule has 2 nitrogen and oxygen atoms in total. The molecule has 0 saturated carbocycles. The summed E-state index contributed by atoms with van der Waals surface area (Å²) in [5, 5.41) is 11.2. The SMILES string of the molecule is CCCc1cc2ccccc2c(N)c1C#N. The van der Waals surface area contributed by atoms with Crippen molar-refractivity contribution in [2.24, 2.45) is 0 Å². The zero-order valence-electron chi connectivity index (χ0n) is 9.33. The second kappa shape index (κ2) is 4.24. The van der Waals surface area contributed by atoms with E-state index in [9.17, 15) is 0 Å². The van der Waals surface area contributed by atoms with E-state index in [1.54, 1.807) is 0 Å². The molecular weight excluding hydrogens is 196 g/mol. The third-order valence-corrected chi connectivity index (χ3v) is 2.80. The highest BCUT2D eigenvalue weighted by Gasteiger charge is 2.09. The lowest BCUT2D eigenvalue weighted by Crippen LogP contribution is -1.98. The molecule has 16 heavy (non-hydrogen) atoms. The molecule has 0 saturated heterocycles. The van der Waals surface area contributed by atoms with E-state index in [4.69, 9.17) is 11.0 Å². The van der Waals surface area contributed by atoms with Gasteiger partial charge in [0.05, 0.1) is 11.3 Å². The van der Waals surface area contributed by atoms with E-state index in [-0.39, 0.29) is 0 Å². The summed E-state index contributed by atoms with van der Waals surface area (Å²) in [7, 11) is 0. The van der Waals surface area contributed by atoms with Crippen LogP contribution in [0.15, 0.2) is 30.3 Å². The van der Waals surface area contributed by atoms with E-state index in [1.807, 2.05) is 24.3 Å². The van der Waals surface area contributed by atoms with Gasteiger partial charge in [0.25, 0.3) is 0 Å². The minimum atomic E-state index is 0.615. The van der Waals surface area contributed by atoms with Gasteiger partial charge in [0.1, 0.15) is 6.07 Å². The minimum absolute atomic E-state index is 0.615. The van der Waals surface area contributed by atoms with E-state index in [1.165, 1.54) is 0 Å². The summed E-state index contributed by atoms with van der Waals surface area (Å²) in [6.45, 7) is 2.10. The van der Waals surface area contributed by atoms with Gasteiger partial charge in [-0.05, 0) is 23.4 Å². The Balaban J connectivity index is 2.77. The molecule has 2 rings (SSSR count). The van der Waals surface area contributed by atoms with Crippen LogP contribution in [0.5, 0.6) is 0 Å². The van der Waals surface area contributed by atoms with Gasteiger partial charge in [0.15, 0.2) is 0 Å². The van der Waals surface area contributed by atoms with Crippen LogP contribution in [0.25, 0.3) is 10.8 Å². The molecular formula is C14H14N2. The van der Waals surface area contributed by atoms with Crippen molar-refractivity contribution >= 4 is 16.5 Å². The Hall–Kier alpha value is -2.01. The summed E-state index contributed by atoms with van der Waals surface area (Å²) >= 11 is 0. The van der Waals surface area contributed by atoms with Gasteiger partial charge in [-0.3, -0.25) is 0 Å². The first-order valence-electron chi connectivity index (χ1n) is 5.48. The lowest BCUT2D eigenvalue weighted by Gasteiger charge is -2.09. The zero-order valence-corrected chi connectivity index (χ0v) is 9.33. The molecule has 0 spiro atoms. The highest BCUT2D eigenvalue weighted by atomic mass is 14.6. The lowest BCUT2D eigenvalue weighted by molar-refractivity contribution is 0.920. The fourth-order valence-corrected chi connectivity index (χ4v) is 2.03. The molecule has 2 heteroatoms. The summed E-state index contributed by atoms with van der Waals surface area (Å²) in [6.07, 6.45) is 1.92. The molecule has 0 bridgehead atoms. The number of fused-ring (bicyclic) bond motifs is 1. The van der Waals surface area contributed by atoms with E-state index < -0.39 is 0 Å². The predicted octanol–water partition coefficient (Wildman–Crippen LogP) is 3.25. The molecule has 80 valence electrons. The number of anilines is 1. The van der Waals surface area contributed by atoms with Crippen LogP contribution in [0, 0.1) is 11.3 Å². The largest absolute Gasteiger partial charge is 0.397 e. The van der Waals surface area contributed by atoms with Crippen molar-refractivity contribution in [2.75, 3.05) is 5.73 Å². The molecule has 0 fully saturated rings. The molecule has 2 N–H and O–H groups in total. The van der Waals surface area contributed by atoms with Crippen molar-refractivity contribution in [3.63, 3.8) is 0 Å². The summed E-state index contributed by atoms with van der Waals surface area (Å²) in [5.74, 6) is 0. The third-order valence-electron chi connectivity index (χ3n) is 2.80. The number of nitrogen functional groups attached to an aromatic ring is 1. The second-order valence-electron chi connectivity index (χ2n) is 3.91. The number of aryl methyl sites for hydroxylation is 1. The van der Waals surface area contributed by atoms with Crippen LogP contribution in [0.1, 0.15) is 24.5 Å². The maximum Gasteiger partial charge on any atom is 0.102 e. The van der Waals surface area contributed by atoms with Crippen LogP contribution >= 0.6 is 0 Å². The Morgan fingerprint density at radius 1 is 1.31 bits per heavy atom. The van der Waals surface area contributed by atoms with Gasteiger partial charge in [-0.1, -0.05) is 37.6 Å². The highest BCUT2D eigenvalue weighted by Crippen LogP contribution is 2.28. The Bertz CT molecular complexity index is 565. The molecule has 0 heterocycles. The van der Waals surface area contributed by atoms with Gasteiger partial charge in [0, 0.05) is 5.39 Å². The smallest absolute Gasteiger partial charge is 0.102 e. The molecule has 0 aliphatic rings. The summed E-state index contributed by atoms with van der Waals surface area (Å²) in [4.78, 5) is 0. The minimum Gasteiger partial charge on any atom is -0.397 e. The monoisotopic (exact) mass is 210 g/mol. The fourth-order valence-electron chi connectivity index (χ4n) is 2.03. The van der Waals surface area contributed by atoms with Crippen molar-refractivity contribution in [1.82, 2.24) is 0 Å². The highest BCUT2D eigenvalue weighted by molar-refractivity contribution is 5.96.